The Morgan fingerprint density at radius 2 is 1.63 bits per heavy atom. The van der Waals surface area contributed by atoms with Gasteiger partial charge in [0.1, 0.15) is 0 Å². The van der Waals surface area contributed by atoms with Crippen LogP contribution in [0.2, 0.25) is 0 Å². The second-order valence-electron chi connectivity index (χ2n) is 11.4. The fourth-order valence-electron chi connectivity index (χ4n) is 9.06. The minimum atomic E-state index is -0.227. The molecule has 1 saturated heterocycles. The molecule has 3 heteroatoms. The van der Waals surface area contributed by atoms with Gasteiger partial charge < -0.3 is 14.6 Å². The minimum Gasteiger partial charge on any atom is -0.396 e. The maximum Gasteiger partial charge on any atom is 0.168 e. The molecule has 8 atom stereocenters. The number of hydrogen-bond donors (Lipinski definition) is 1. The highest BCUT2D eigenvalue weighted by Gasteiger charge is 2.62. The summed E-state index contributed by atoms with van der Waals surface area (Å²) in [5.74, 6) is 4.46. The van der Waals surface area contributed by atoms with Crippen LogP contribution in [0.4, 0.5) is 0 Å². The van der Waals surface area contributed by atoms with Crippen molar-refractivity contribution in [1.29, 1.82) is 0 Å². The summed E-state index contributed by atoms with van der Waals surface area (Å²) in [6.45, 7) is 9.44. The molecular weight excluding hydrogens is 336 g/mol. The first-order chi connectivity index (χ1) is 12.9. The Kier molecular flexibility index (Phi) is 4.50. The molecule has 0 aromatic rings. The van der Waals surface area contributed by atoms with Gasteiger partial charge in [-0.2, -0.15) is 0 Å². The summed E-state index contributed by atoms with van der Waals surface area (Å²) in [5, 5.41) is 9.80. The van der Waals surface area contributed by atoms with E-state index < -0.39 is 0 Å². The molecule has 1 spiro atoms. The van der Waals surface area contributed by atoms with Crippen LogP contribution in [0.1, 0.15) is 78.6 Å². The van der Waals surface area contributed by atoms with Crippen molar-refractivity contribution in [2.45, 2.75) is 84.3 Å². The average molecular weight is 377 g/mol. The van der Waals surface area contributed by atoms with Crippen LogP contribution in [0.15, 0.2) is 0 Å². The Hall–Kier alpha value is -0.120. The van der Waals surface area contributed by atoms with E-state index in [1.807, 2.05) is 0 Å². The third-order valence-corrected chi connectivity index (χ3v) is 10.5. The molecule has 1 aliphatic heterocycles. The smallest absolute Gasteiger partial charge is 0.168 e. The van der Waals surface area contributed by atoms with Crippen molar-refractivity contribution in [3.05, 3.63) is 0 Å². The molecule has 27 heavy (non-hydrogen) atoms. The molecule has 1 heterocycles. The standard InChI is InChI=1S/C24H40O3/c1-16(15-25)19-6-7-20-18-5-4-17-14-24(26-12-13-27-24)11-10-22(17,2)21(18)8-9-23(19,20)3/h16-21,25H,4-15H2,1-3H3/t16-,17+,18?,19?,20?,21?,22+,23-/m1/s1. The number of ether oxygens (including phenoxy) is 2. The second kappa shape index (κ2) is 6.44. The Balaban J connectivity index is 1.38. The molecule has 1 N–H and O–H groups in total. The third kappa shape index (κ3) is 2.63. The average Bonchev–Trinajstić information content (AvgIpc) is 3.26. The first kappa shape index (κ1) is 18.9. The summed E-state index contributed by atoms with van der Waals surface area (Å²) < 4.78 is 12.2. The summed E-state index contributed by atoms with van der Waals surface area (Å²) in [7, 11) is 0. The Morgan fingerprint density at radius 3 is 2.37 bits per heavy atom. The first-order valence-corrected chi connectivity index (χ1v) is 11.8. The van der Waals surface area contributed by atoms with E-state index in [-0.39, 0.29) is 5.79 Å². The van der Waals surface area contributed by atoms with Crippen molar-refractivity contribution in [2.75, 3.05) is 19.8 Å². The van der Waals surface area contributed by atoms with Crippen LogP contribution < -0.4 is 0 Å². The normalized spacial score (nSPS) is 52.2. The number of aliphatic hydroxyl groups is 1. The van der Waals surface area contributed by atoms with Crippen LogP contribution in [0.25, 0.3) is 0 Å². The molecule has 154 valence electrons. The molecule has 5 fully saturated rings. The van der Waals surface area contributed by atoms with Gasteiger partial charge in [-0.05, 0) is 91.3 Å². The maximum atomic E-state index is 9.80. The molecule has 0 aromatic heterocycles. The van der Waals surface area contributed by atoms with Gasteiger partial charge in [-0.15, -0.1) is 0 Å². The first-order valence-electron chi connectivity index (χ1n) is 11.8. The lowest BCUT2D eigenvalue weighted by atomic mass is 9.44. The molecule has 5 rings (SSSR count). The van der Waals surface area contributed by atoms with Crippen molar-refractivity contribution in [1.82, 2.24) is 0 Å². The third-order valence-electron chi connectivity index (χ3n) is 10.5. The van der Waals surface area contributed by atoms with Crippen LogP contribution >= 0.6 is 0 Å². The fourth-order valence-corrected chi connectivity index (χ4v) is 9.06. The monoisotopic (exact) mass is 376 g/mol. The largest absolute Gasteiger partial charge is 0.396 e. The quantitative estimate of drug-likeness (QED) is 0.736. The molecule has 0 aromatic carbocycles. The zero-order valence-corrected chi connectivity index (χ0v) is 17.7. The van der Waals surface area contributed by atoms with E-state index in [0.29, 0.717) is 23.4 Å². The van der Waals surface area contributed by atoms with E-state index in [0.717, 1.165) is 55.6 Å². The van der Waals surface area contributed by atoms with Gasteiger partial charge in [-0.3, -0.25) is 0 Å². The summed E-state index contributed by atoms with van der Waals surface area (Å²) in [4.78, 5) is 0. The van der Waals surface area contributed by atoms with E-state index >= 15 is 0 Å². The van der Waals surface area contributed by atoms with Gasteiger partial charge in [-0.1, -0.05) is 20.8 Å². The van der Waals surface area contributed by atoms with E-state index in [2.05, 4.69) is 20.8 Å². The number of hydrogen-bond acceptors (Lipinski definition) is 3. The molecule has 4 aliphatic carbocycles. The van der Waals surface area contributed by atoms with Crippen LogP contribution in [-0.2, 0) is 9.47 Å². The number of rotatable bonds is 2. The van der Waals surface area contributed by atoms with E-state index in [1.165, 1.54) is 44.9 Å². The van der Waals surface area contributed by atoms with Crippen LogP contribution in [0.5, 0.6) is 0 Å². The molecule has 0 radical (unpaired) electrons. The highest BCUT2D eigenvalue weighted by molar-refractivity contribution is 5.10. The Labute approximate surface area is 165 Å². The van der Waals surface area contributed by atoms with Crippen molar-refractivity contribution in [3.8, 4) is 0 Å². The van der Waals surface area contributed by atoms with Gasteiger partial charge in [0.25, 0.3) is 0 Å². The topological polar surface area (TPSA) is 38.7 Å². The molecule has 4 saturated carbocycles. The van der Waals surface area contributed by atoms with Crippen molar-refractivity contribution >= 4 is 0 Å². The molecular formula is C24H40O3. The van der Waals surface area contributed by atoms with Crippen LogP contribution in [0.3, 0.4) is 0 Å². The van der Waals surface area contributed by atoms with Gasteiger partial charge >= 0.3 is 0 Å². The van der Waals surface area contributed by atoms with Crippen molar-refractivity contribution in [3.63, 3.8) is 0 Å². The summed E-state index contributed by atoms with van der Waals surface area (Å²) >= 11 is 0. The Bertz CT molecular complexity index is 570. The maximum absolute atomic E-state index is 9.80. The summed E-state index contributed by atoms with van der Waals surface area (Å²) in [6, 6.07) is 0. The van der Waals surface area contributed by atoms with Gasteiger partial charge in [0.05, 0.1) is 13.2 Å². The van der Waals surface area contributed by atoms with Crippen molar-refractivity contribution < 1.29 is 14.6 Å². The molecule has 0 bridgehead atoms. The second-order valence-corrected chi connectivity index (χ2v) is 11.4. The number of fused-ring (bicyclic) bond motifs is 5. The zero-order chi connectivity index (χ0) is 18.9. The Morgan fingerprint density at radius 1 is 0.889 bits per heavy atom. The highest BCUT2D eigenvalue weighted by atomic mass is 16.7. The van der Waals surface area contributed by atoms with Crippen LogP contribution in [-0.4, -0.2) is 30.7 Å². The minimum absolute atomic E-state index is 0.227. The van der Waals surface area contributed by atoms with Gasteiger partial charge in [0.2, 0.25) is 0 Å². The zero-order valence-electron chi connectivity index (χ0n) is 17.7. The SMILES string of the molecule is C[C@H](CO)C1CCC2C3CC[C@H]4CC5(CC[C@]4(C)C3CC[C@@]21C)OCCO5. The fraction of sp³-hybridized carbons (Fsp3) is 1.00. The summed E-state index contributed by atoms with van der Waals surface area (Å²) in [6.07, 6.45) is 11.9. The van der Waals surface area contributed by atoms with Gasteiger partial charge in [0.15, 0.2) is 5.79 Å². The molecule has 3 nitrogen and oxygen atoms in total. The predicted octanol–water partition coefficient (Wildman–Crippen LogP) is 5.02. The lowest BCUT2D eigenvalue weighted by Crippen LogP contribution is -2.56. The molecule has 5 aliphatic rings. The molecule has 4 unspecified atom stereocenters. The van der Waals surface area contributed by atoms with Gasteiger partial charge in [-0.25, -0.2) is 0 Å². The highest BCUT2D eigenvalue weighted by Crippen LogP contribution is 2.69. The van der Waals surface area contributed by atoms with Crippen molar-refractivity contribution in [2.24, 2.45) is 46.3 Å². The van der Waals surface area contributed by atoms with E-state index in [1.54, 1.807) is 0 Å². The lowest BCUT2D eigenvalue weighted by molar-refractivity contribution is -0.229. The summed E-state index contributed by atoms with van der Waals surface area (Å²) in [5.41, 5.74) is 0.964. The predicted molar refractivity (Wildman–Crippen MR) is 106 cm³/mol. The number of aliphatic hydroxyl groups excluding tert-OH is 1. The van der Waals surface area contributed by atoms with Gasteiger partial charge in [0, 0.05) is 19.4 Å². The van der Waals surface area contributed by atoms with Crippen LogP contribution in [0, 0.1) is 46.3 Å². The lowest BCUT2D eigenvalue weighted by Gasteiger charge is -2.62. The van der Waals surface area contributed by atoms with E-state index in [9.17, 15) is 5.11 Å². The molecule has 0 amide bonds. The van der Waals surface area contributed by atoms with E-state index in [4.69, 9.17) is 9.47 Å².